The van der Waals surface area contributed by atoms with Crippen molar-refractivity contribution in [3.63, 3.8) is 0 Å². The number of nitrogen functional groups attached to an aromatic ring is 1. The van der Waals surface area contributed by atoms with Gasteiger partial charge < -0.3 is 16.4 Å². The van der Waals surface area contributed by atoms with Gasteiger partial charge in [-0.3, -0.25) is 4.79 Å². The Hall–Kier alpha value is -1.23. The summed E-state index contributed by atoms with van der Waals surface area (Å²) in [7, 11) is 0. The normalized spacial score (nSPS) is 10.6. The van der Waals surface area contributed by atoms with Crippen molar-refractivity contribution in [1.82, 2.24) is 0 Å². The molecule has 4 N–H and O–H groups in total. The zero-order valence-corrected chi connectivity index (χ0v) is 11.9. The van der Waals surface area contributed by atoms with Gasteiger partial charge in [-0.2, -0.15) is 0 Å². The lowest BCUT2D eigenvalue weighted by atomic mass is 10.1. The molecule has 17 heavy (non-hydrogen) atoms. The Kier molecular flexibility index (Phi) is 4.40. The standard InChI is InChI=1S/C12H18BrN3O/c1-7(2)16(6-12(15)17)11-4-8(3)10(14)5-9(11)13/h4-5,7H,6,14H2,1-3H3,(H2,15,17). The van der Waals surface area contributed by atoms with E-state index in [1.165, 1.54) is 0 Å². The molecule has 0 aromatic heterocycles. The molecule has 94 valence electrons. The fourth-order valence-electron chi connectivity index (χ4n) is 1.62. The number of halogens is 1. The molecule has 0 saturated heterocycles. The lowest BCUT2D eigenvalue weighted by Gasteiger charge is -2.29. The van der Waals surface area contributed by atoms with Crippen molar-refractivity contribution in [3.05, 3.63) is 22.2 Å². The van der Waals surface area contributed by atoms with Gasteiger partial charge in [0.05, 0.1) is 12.2 Å². The number of amides is 1. The summed E-state index contributed by atoms with van der Waals surface area (Å²) < 4.78 is 0.871. The van der Waals surface area contributed by atoms with E-state index in [0.29, 0.717) is 0 Å². The summed E-state index contributed by atoms with van der Waals surface area (Å²) in [6, 6.07) is 3.99. The summed E-state index contributed by atoms with van der Waals surface area (Å²) in [4.78, 5) is 13.0. The van der Waals surface area contributed by atoms with Gasteiger partial charge in [-0.25, -0.2) is 0 Å². The number of primary amides is 1. The van der Waals surface area contributed by atoms with Crippen LogP contribution >= 0.6 is 15.9 Å². The van der Waals surface area contributed by atoms with Crippen LogP contribution in [-0.2, 0) is 4.79 Å². The summed E-state index contributed by atoms with van der Waals surface area (Å²) in [5, 5.41) is 0. The number of carbonyl (C=O) groups is 1. The SMILES string of the molecule is Cc1cc(N(CC(N)=O)C(C)C)c(Br)cc1N. The molecule has 0 heterocycles. The third kappa shape index (κ3) is 3.36. The quantitative estimate of drug-likeness (QED) is 0.836. The number of rotatable bonds is 4. The fraction of sp³-hybridized carbons (Fsp3) is 0.417. The first-order valence-corrected chi connectivity index (χ1v) is 6.22. The zero-order chi connectivity index (χ0) is 13.2. The summed E-state index contributed by atoms with van der Waals surface area (Å²) in [5.41, 5.74) is 13.7. The molecule has 0 saturated carbocycles. The molecule has 0 spiro atoms. The average molecular weight is 300 g/mol. The van der Waals surface area contributed by atoms with E-state index < -0.39 is 0 Å². The number of nitrogens with two attached hydrogens (primary N) is 2. The van der Waals surface area contributed by atoms with E-state index in [1.54, 1.807) is 0 Å². The van der Waals surface area contributed by atoms with E-state index in [1.807, 2.05) is 37.8 Å². The molecule has 4 nitrogen and oxygen atoms in total. The van der Waals surface area contributed by atoms with Gasteiger partial charge in [-0.05, 0) is 54.4 Å². The zero-order valence-electron chi connectivity index (χ0n) is 10.3. The molecular formula is C12H18BrN3O. The first-order valence-electron chi connectivity index (χ1n) is 5.43. The Labute approximate surface area is 110 Å². The minimum Gasteiger partial charge on any atom is -0.398 e. The lowest BCUT2D eigenvalue weighted by Crippen LogP contribution is -2.38. The van der Waals surface area contributed by atoms with Crippen LogP contribution in [0.4, 0.5) is 11.4 Å². The second kappa shape index (κ2) is 5.40. The smallest absolute Gasteiger partial charge is 0.236 e. The minimum absolute atomic E-state index is 0.182. The Morgan fingerprint density at radius 2 is 2.06 bits per heavy atom. The summed E-state index contributed by atoms with van der Waals surface area (Å²) >= 11 is 3.47. The molecular weight excluding hydrogens is 282 g/mol. The molecule has 1 aromatic carbocycles. The highest BCUT2D eigenvalue weighted by Crippen LogP contribution is 2.31. The summed E-state index contributed by atoms with van der Waals surface area (Å²) in [5.74, 6) is -0.347. The van der Waals surface area contributed by atoms with Gasteiger partial charge in [-0.15, -0.1) is 0 Å². The molecule has 5 heteroatoms. The van der Waals surface area contributed by atoms with Crippen LogP contribution in [0.1, 0.15) is 19.4 Å². The maximum atomic E-state index is 11.1. The van der Waals surface area contributed by atoms with Crippen LogP contribution in [0.5, 0.6) is 0 Å². The molecule has 0 aliphatic carbocycles. The first-order chi connectivity index (χ1) is 7.82. The van der Waals surface area contributed by atoms with Gasteiger partial charge in [0, 0.05) is 16.2 Å². The fourth-order valence-corrected chi connectivity index (χ4v) is 2.20. The highest BCUT2D eigenvalue weighted by molar-refractivity contribution is 9.10. The van der Waals surface area contributed by atoms with Crippen molar-refractivity contribution in [1.29, 1.82) is 0 Å². The van der Waals surface area contributed by atoms with Crippen LogP contribution in [0.15, 0.2) is 16.6 Å². The van der Waals surface area contributed by atoms with Crippen LogP contribution in [0.25, 0.3) is 0 Å². The van der Waals surface area contributed by atoms with Gasteiger partial charge in [0.15, 0.2) is 0 Å². The molecule has 1 rings (SSSR count). The third-order valence-corrected chi connectivity index (χ3v) is 3.23. The van der Waals surface area contributed by atoms with Crippen molar-refractivity contribution >= 4 is 33.2 Å². The highest BCUT2D eigenvalue weighted by atomic mass is 79.9. The largest absolute Gasteiger partial charge is 0.398 e. The van der Waals surface area contributed by atoms with Crippen molar-refractivity contribution in [2.24, 2.45) is 5.73 Å². The third-order valence-electron chi connectivity index (χ3n) is 2.59. The average Bonchev–Trinajstić information content (AvgIpc) is 2.20. The van der Waals surface area contributed by atoms with Crippen LogP contribution < -0.4 is 16.4 Å². The van der Waals surface area contributed by atoms with Crippen molar-refractivity contribution in [2.75, 3.05) is 17.2 Å². The lowest BCUT2D eigenvalue weighted by molar-refractivity contribution is -0.116. The number of anilines is 2. The van der Waals surface area contributed by atoms with Gasteiger partial charge in [0.2, 0.25) is 5.91 Å². The molecule has 1 aromatic rings. The monoisotopic (exact) mass is 299 g/mol. The van der Waals surface area contributed by atoms with E-state index in [-0.39, 0.29) is 18.5 Å². The predicted molar refractivity (Wildman–Crippen MR) is 75.0 cm³/mol. The van der Waals surface area contributed by atoms with Gasteiger partial charge in [0.25, 0.3) is 0 Å². The number of hydrogen-bond donors (Lipinski definition) is 2. The Morgan fingerprint density at radius 1 is 1.47 bits per heavy atom. The molecule has 0 aliphatic heterocycles. The van der Waals surface area contributed by atoms with Crippen LogP contribution in [-0.4, -0.2) is 18.5 Å². The molecule has 0 aliphatic rings. The Balaban J connectivity index is 3.18. The number of carbonyl (C=O) groups excluding carboxylic acids is 1. The maximum absolute atomic E-state index is 11.1. The Bertz CT molecular complexity index is 432. The topological polar surface area (TPSA) is 72.3 Å². The molecule has 0 unspecified atom stereocenters. The molecule has 0 bridgehead atoms. The molecule has 0 atom stereocenters. The number of nitrogens with zero attached hydrogens (tertiary/aromatic N) is 1. The van der Waals surface area contributed by atoms with E-state index in [2.05, 4.69) is 15.9 Å². The summed E-state index contributed by atoms with van der Waals surface area (Å²) in [6.45, 7) is 6.16. The van der Waals surface area contributed by atoms with Crippen LogP contribution in [0, 0.1) is 6.92 Å². The molecule has 0 fully saturated rings. The summed E-state index contributed by atoms with van der Waals surface area (Å²) in [6.07, 6.45) is 0. The molecule has 1 amide bonds. The van der Waals surface area contributed by atoms with Crippen molar-refractivity contribution < 1.29 is 4.79 Å². The van der Waals surface area contributed by atoms with Gasteiger partial charge >= 0.3 is 0 Å². The number of aryl methyl sites for hydroxylation is 1. The van der Waals surface area contributed by atoms with Crippen molar-refractivity contribution in [2.45, 2.75) is 26.8 Å². The maximum Gasteiger partial charge on any atom is 0.236 e. The second-order valence-corrected chi connectivity index (χ2v) is 5.20. The van der Waals surface area contributed by atoms with Crippen LogP contribution in [0.3, 0.4) is 0 Å². The Morgan fingerprint density at radius 3 is 2.53 bits per heavy atom. The van der Waals surface area contributed by atoms with E-state index in [0.717, 1.165) is 21.4 Å². The highest BCUT2D eigenvalue weighted by Gasteiger charge is 2.16. The van der Waals surface area contributed by atoms with Crippen molar-refractivity contribution in [3.8, 4) is 0 Å². The number of benzene rings is 1. The minimum atomic E-state index is -0.347. The van der Waals surface area contributed by atoms with E-state index >= 15 is 0 Å². The molecule has 0 radical (unpaired) electrons. The first kappa shape index (κ1) is 13.8. The van der Waals surface area contributed by atoms with E-state index in [9.17, 15) is 4.79 Å². The predicted octanol–water partition coefficient (Wildman–Crippen LogP) is 2.04. The van der Waals surface area contributed by atoms with Gasteiger partial charge in [0.1, 0.15) is 0 Å². The van der Waals surface area contributed by atoms with Crippen LogP contribution in [0.2, 0.25) is 0 Å². The second-order valence-electron chi connectivity index (χ2n) is 4.35. The van der Waals surface area contributed by atoms with E-state index in [4.69, 9.17) is 11.5 Å². The van der Waals surface area contributed by atoms with Gasteiger partial charge in [-0.1, -0.05) is 0 Å². The number of hydrogen-bond acceptors (Lipinski definition) is 3.